The first-order valence-electron chi connectivity index (χ1n) is 4.84. The van der Waals surface area contributed by atoms with Gasteiger partial charge in [0.25, 0.3) is 0 Å². The minimum absolute atomic E-state index is 0.247. The van der Waals surface area contributed by atoms with Crippen molar-refractivity contribution in [2.75, 3.05) is 0 Å². The van der Waals surface area contributed by atoms with Gasteiger partial charge in [0, 0.05) is 12.6 Å². The molecule has 0 aliphatic heterocycles. The number of nitrogens with zero attached hydrogens (tertiary/aromatic N) is 3. The van der Waals surface area contributed by atoms with Crippen LogP contribution >= 0.6 is 11.6 Å². The number of aryl methyl sites for hydroxylation is 1. The zero-order valence-corrected chi connectivity index (χ0v) is 9.97. The molecule has 0 spiro atoms. The van der Waals surface area contributed by atoms with Crippen molar-refractivity contribution in [1.82, 2.24) is 9.97 Å². The summed E-state index contributed by atoms with van der Waals surface area (Å²) in [4.78, 5) is 8.17. The van der Waals surface area contributed by atoms with Crippen LogP contribution < -0.4 is 0 Å². The molecule has 1 aromatic heterocycles. The third-order valence-corrected chi connectivity index (χ3v) is 2.30. The fourth-order valence-corrected chi connectivity index (χ4v) is 1.27. The molecule has 0 aromatic carbocycles. The van der Waals surface area contributed by atoms with Crippen LogP contribution in [0, 0.1) is 16.7 Å². The molecule has 1 heterocycles. The smallest absolute Gasteiger partial charge is 0.150 e. The summed E-state index contributed by atoms with van der Waals surface area (Å²) < 4.78 is 0. The third kappa shape index (κ3) is 3.85. The van der Waals surface area contributed by atoms with E-state index in [0.29, 0.717) is 11.4 Å². The summed E-state index contributed by atoms with van der Waals surface area (Å²) in [5.41, 5.74) is 0.583. The number of hydrogen-bond acceptors (Lipinski definition) is 3. The summed E-state index contributed by atoms with van der Waals surface area (Å²) in [5.74, 6) is 0.703. The van der Waals surface area contributed by atoms with Gasteiger partial charge in [0.2, 0.25) is 0 Å². The first-order chi connectivity index (χ1) is 6.92. The lowest BCUT2D eigenvalue weighted by molar-refractivity contribution is 0.374. The standard InChI is InChI=1S/C11H14ClN3/c1-11(2,3)5-4-9-14-7-8(6-13)10(12)15-9/h7H,4-5H2,1-3H3. The second-order valence-corrected chi connectivity index (χ2v) is 5.02. The second kappa shape index (κ2) is 4.59. The zero-order chi connectivity index (χ0) is 11.5. The van der Waals surface area contributed by atoms with Gasteiger partial charge in [-0.3, -0.25) is 0 Å². The molecule has 0 fully saturated rings. The van der Waals surface area contributed by atoms with Crippen molar-refractivity contribution >= 4 is 11.6 Å². The van der Waals surface area contributed by atoms with Crippen molar-refractivity contribution < 1.29 is 0 Å². The molecule has 1 aromatic rings. The van der Waals surface area contributed by atoms with Crippen molar-refractivity contribution in [2.45, 2.75) is 33.6 Å². The van der Waals surface area contributed by atoms with Crippen LogP contribution in [0.25, 0.3) is 0 Å². The van der Waals surface area contributed by atoms with Gasteiger partial charge in [0.05, 0.1) is 0 Å². The third-order valence-electron chi connectivity index (χ3n) is 2.01. The Morgan fingerprint density at radius 2 is 2.13 bits per heavy atom. The molecule has 0 unspecified atom stereocenters. The van der Waals surface area contributed by atoms with E-state index >= 15 is 0 Å². The van der Waals surface area contributed by atoms with Gasteiger partial charge in [-0.2, -0.15) is 5.26 Å². The predicted octanol–water partition coefficient (Wildman–Crippen LogP) is 2.98. The molecular formula is C11H14ClN3. The van der Waals surface area contributed by atoms with Gasteiger partial charge in [-0.15, -0.1) is 0 Å². The van der Waals surface area contributed by atoms with Crippen LogP contribution in [0.15, 0.2) is 6.20 Å². The molecule has 80 valence electrons. The van der Waals surface area contributed by atoms with Gasteiger partial charge in [-0.1, -0.05) is 32.4 Å². The lowest BCUT2D eigenvalue weighted by atomic mass is 9.90. The fourth-order valence-electron chi connectivity index (χ4n) is 1.08. The molecule has 15 heavy (non-hydrogen) atoms. The first kappa shape index (κ1) is 11.9. The normalized spacial score (nSPS) is 11.1. The molecular weight excluding hydrogens is 210 g/mol. The molecule has 0 atom stereocenters. The molecule has 0 N–H and O–H groups in total. The fraction of sp³-hybridized carbons (Fsp3) is 0.545. The molecule has 4 heteroatoms. The van der Waals surface area contributed by atoms with Gasteiger partial charge in [0.15, 0.2) is 5.15 Å². The van der Waals surface area contributed by atoms with E-state index in [1.807, 2.05) is 6.07 Å². The lowest BCUT2D eigenvalue weighted by Gasteiger charge is -2.16. The largest absolute Gasteiger partial charge is 0.240 e. The predicted molar refractivity (Wildman–Crippen MR) is 59.5 cm³/mol. The number of aromatic nitrogens is 2. The Morgan fingerprint density at radius 1 is 1.47 bits per heavy atom. The van der Waals surface area contributed by atoms with Crippen LogP contribution in [0.4, 0.5) is 0 Å². The number of halogens is 1. The van der Waals surface area contributed by atoms with Crippen molar-refractivity contribution in [3.8, 4) is 6.07 Å². The van der Waals surface area contributed by atoms with E-state index in [9.17, 15) is 0 Å². The highest BCUT2D eigenvalue weighted by Gasteiger charge is 2.12. The number of hydrogen-bond donors (Lipinski definition) is 0. The van der Waals surface area contributed by atoms with Gasteiger partial charge in [-0.05, 0) is 11.8 Å². The Labute approximate surface area is 95.1 Å². The quantitative estimate of drug-likeness (QED) is 0.725. The molecule has 0 radical (unpaired) electrons. The topological polar surface area (TPSA) is 49.6 Å². The highest BCUT2D eigenvalue weighted by atomic mass is 35.5. The van der Waals surface area contributed by atoms with Crippen LogP contribution in [0.2, 0.25) is 5.15 Å². The minimum Gasteiger partial charge on any atom is -0.240 e. The monoisotopic (exact) mass is 223 g/mol. The highest BCUT2D eigenvalue weighted by Crippen LogP contribution is 2.21. The maximum atomic E-state index is 8.65. The zero-order valence-electron chi connectivity index (χ0n) is 9.21. The van der Waals surface area contributed by atoms with Gasteiger partial charge in [0.1, 0.15) is 17.5 Å². The Bertz CT molecular complexity index is 388. The maximum absolute atomic E-state index is 8.65. The van der Waals surface area contributed by atoms with Crippen molar-refractivity contribution in [3.05, 3.63) is 22.7 Å². The maximum Gasteiger partial charge on any atom is 0.150 e. The van der Waals surface area contributed by atoms with Gasteiger partial charge in [-0.25, -0.2) is 9.97 Å². The minimum atomic E-state index is 0.247. The van der Waals surface area contributed by atoms with Gasteiger partial charge >= 0.3 is 0 Å². The molecule has 0 bridgehead atoms. The van der Waals surface area contributed by atoms with Crippen LogP contribution in [0.5, 0.6) is 0 Å². The number of rotatable bonds is 2. The summed E-state index contributed by atoms with van der Waals surface area (Å²) in [6.45, 7) is 6.49. The van der Waals surface area contributed by atoms with E-state index in [4.69, 9.17) is 16.9 Å². The summed E-state index contributed by atoms with van der Waals surface area (Å²) in [5, 5.41) is 8.90. The number of nitriles is 1. The molecule has 0 saturated carbocycles. The van der Waals surface area contributed by atoms with Crippen LogP contribution in [0.1, 0.15) is 38.6 Å². The van der Waals surface area contributed by atoms with E-state index in [1.54, 1.807) is 0 Å². The Kier molecular flexibility index (Phi) is 3.65. The molecule has 3 nitrogen and oxygen atoms in total. The van der Waals surface area contributed by atoms with Crippen molar-refractivity contribution in [2.24, 2.45) is 5.41 Å². The molecule has 1 rings (SSSR count). The molecule has 0 aliphatic carbocycles. The average Bonchev–Trinajstić information content (AvgIpc) is 2.14. The molecule has 0 aliphatic rings. The molecule has 0 amide bonds. The Balaban J connectivity index is 2.73. The summed E-state index contributed by atoms with van der Waals surface area (Å²) >= 11 is 5.81. The molecule has 0 saturated heterocycles. The van der Waals surface area contributed by atoms with E-state index in [1.165, 1.54) is 6.20 Å². The Morgan fingerprint density at radius 3 is 2.60 bits per heavy atom. The average molecular weight is 224 g/mol. The van der Waals surface area contributed by atoms with Crippen molar-refractivity contribution in [1.29, 1.82) is 5.26 Å². The van der Waals surface area contributed by atoms with E-state index in [-0.39, 0.29) is 10.6 Å². The summed E-state index contributed by atoms with van der Waals surface area (Å²) in [7, 11) is 0. The van der Waals surface area contributed by atoms with Gasteiger partial charge < -0.3 is 0 Å². The van der Waals surface area contributed by atoms with E-state index in [2.05, 4.69) is 30.7 Å². The van der Waals surface area contributed by atoms with E-state index in [0.717, 1.165) is 12.8 Å². The Hall–Kier alpha value is -1.14. The first-order valence-corrected chi connectivity index (χ1v) is 5.22. The highest BCUT2D eigenvalue weighted by molar-refractivity contribution is 6.30. The lowest BCUT2D eigenvalue weighted by Crippen LogP contribution is -2.08. The van der Waals surface area contributed by atoms with Crippen LogP contribution in [-0.4, -0.2) is 9.97 Å². The summed E-state index contributed by atoms with van der Waals surface area (Å²) in [6.07, 6.45) is 3.26. The van der Waals surface area contributed by atoms with Crippen molar-refractivity contribution in [3.63, 3.8) is 0 Å². The SMILES string of the molecule is CC(C)(C)CCc1ncc(C#N)c(Cl)n1. The van der Waals surface area contributed by atoms with Crippen LogP contribution in [-0.2, 0) is 6.42 Å². The van der Waals surface area contributed by atoms with E-state index < -0.39 is 0 Å². The van der Waals surface area contributed by atoms with Crippen LogP contribution in [0.3, 0.4) is 0 Å². The second-order valence-electron chi connectivity index (χ2n) is 4.66. The summed E-state index contributed by atoms with van der Waals surface area (Å²) in [6, 6.07) is 1.94.